The molecule has 0 aliphatic heterocycles. The quantitative estimate of drug-likeness (QED) is 0.883. The molecule has 0 aliphatic rings. The minimum Gasteiger partial charge on any atom is -0.369 e. The van der Waals surface area contributed by atoms with Gasteiger partial charge in [-0.15, -0.1) is 0 Å². The third-order valence-corrected chi connectivity index (χ3v) is 4.46. The summed E-state index contributed by atoms with van der Waals surface area (Å²) in [6, 6.07) is 12.5. The van der Waals surface area contributed by atoms with Gasteiger partial charge in [-0.3, -0.25) is 9.52 Å². The molecule has 2 aromatic rings. The second-order valence-corrected chi connectivity index (χ2v) is 6.45. The third-order valence-electron chi connectivity index (χ3n) is 2.72. The van der Waals surface area contributed by atoms with Gasteiger partial charge in [-0.05, 0) is 35.9 Å². The van der Waals surface area contributed by atoms with Crippen molar-refractivity contribution in [3.8, 4) is 0 Å². The molecule has 7 heteroatoms. The zero-order valence-electron chi connectivity index (χ0n) is 10.9. The highest BCUT2D eigenvalue weighted by Crippen LogP contribution is 2.21. The number of anilines is 1. The number of nitrogens with one attached hydrogen (secondary N) is 1. The molecule has 110 valence electrons. The maximum absolute atomic E-state index is 12.4. The van der Waals surface area contributed by atoms with Gasteiger partial charge in [0.05, 0.1) is 11.3 Å². The largest absolute Gasteiger partial charge is 0.369 e. The van der Waals surface area contributed by atoms with Gasteiger partial charge in [0.25, 0.3) is 10.0 Å². The molecule has 0 unspecified atom stereocenters. The number of primary amides is 1. The van der Waals surface area contributed by atoms with Crippen molar-refractivity contribution in [3.63, 3.8) is 0 Å². The van der Waals surface area contributed by atoms with Gasteiger partial charge in [0.1, 0.15) is 0 Å². The van der Waals surface area contributed by atoms with Crippen LogP contribution in [0.4, 0.5) is 5.69 Å². The van der Waals surface area contributed by atoms with Crippen molar-refractivity contribution in [2.45, 2.75) is 11.3 Å². The van der Waals surface area contributed by atoms with Gasteiger partial charge in [0, 0.05) is 10.7 Å². The lowest BCUT2D eigenvalue weighted by atomic mass is 10.1. The molecule has 0 fully saturated rings. The summed E-state index contributed by atoms with van der Waals surface area (Å²) in [5, 5.41) is 0.507. The topological polar surface area (TPSA) is 89.3 Å². The Morgan fingerprint density at radius 3 is 2.33 bits per heavy atom. The van der Waals surface area contributed by atoms with E-state index >= 15 is 0 Å². The number of halogens is 1. The zero-order valence-corrected chi connectivity index (χ0v) is 12.5. The van der Waals surface area contributed by atoms with Crippen LogP contribution in [0.2, 0.25) is 5.02 Å². The molecule has 0 atom stereocenters. The molecule has 3 N–H and O–H groups in total. The van der Waals surface area contributed by atoms with Crippen molar-refractivity contribution in [1.82, 2.24) is 0 Å². The van der Waals surface area contributed by atoms with E-state index in [4.69, 9.17) is 17.3 Å². The Morgan fingerprint density at radius 1 is 1.10 bits per heavy atom. The number of carbonyl (C=O) groups excluding carboxylic acids is 1. The van der Waals surface area contributed by atoms with Crippen LogP contribution in [0.15, 0.2) is 53.4 Å². The van der Waals surface area contributed by atoms with Gasteiger partial charge in [0.15, 0.2) is 0 Å². The van der Waals surface area contributed by atoms with Gasteiger partial charge >= 0.3 is 0 Å². The fourth-order valence-corrected chi connectivity index (χ4v) is 3.25. The summed E-state index contributed by atoms with van der Waals surface area (Å²) in [7, 11) is -3.80. The Balaban J connectivity index is 2.35. The van der Waals surface area contributed by atoms with E-state index in [0.717, 1.165) is 0 Å². The van der Waals surface area contributed by atoms with Crippen LogP contribution in [0, 0.1) is 0 Å². The standard InChI is InChI=1S/C14H13ClN2O3S/c15-11-5-7-12(8-6-11)17-21(19,20)13-4-2-1-3-10(13)9-14(16)18/h1-8,17H,9H2,(H2,16,18). The summed E-state index contributed by atoms with van der Waals surface area (Å²) in [5.41, 5.74) is 5.87. The van der Waals surface area contributed by atoms with Crippen LogP contribution in [-0.4, -0.2) is 14.3 Å². The Morgan fingerprint density at radius 2 is 1.71 bits per heavy atom. The summed E-state index contributed by atoms with van der Waals surface area (Å²) in [4.78, 5) is 11.1. The van der Waals surface area contributed by atoms with Crippen LogP contribution in [-0.2, 0) is 21.2 Å². The van der Waals surface area contributed by atoms with Crippen molar-refractivity contribution in [1.29, 1.82) is 0 Å². The van der Waals surface area contributed by atoms with Crippen LogP contribution >= 0.6 is 11.6 Å². The number of sulfonamides is 1. The first-order valence-electron chi connectivity index (χ1n) is 6.03. The van der Waals surface area contributed by atoms with Crippen LogP contribution in [0.1, 0.15) is 5.56 Å². The molecular formula is C14H13ClN2O3S. The molecule has 0 bridgehead atoms. The number of amides is 1. The molecule has 21 heavy (non-hydrogen) atoms. The van der Waals surface area contributed by atoms with Crippen molar-refractivity contribution in [3.05, 3.63) is 59.1 Å². The van der Waals surface area contributed by atoms with Crippen LogP contribution in [0.3, 0.4) is 0 Å². The highest BCUT2D eigenvalue weighted by Gasteiger charge is 2.19. The molecule has 0 radical (unpaired) electrons. The lowest BCUT2D eigenvalue weighted by Gasteiger charge is -2.11. The van der Waals surface area contributed by atoms with E-state index in [1.165, 1.54) is 6.07 Å². The second-order valence-electron chi connectivity index (χ2n) is 4.36. The lowest BCUT2D eigenvalue weighted by Crippen LogP contribution is -2.19. The first-order chi connectivity index (χ1) is 9.88. The third kappa shape index (κ3) is 3.96. The summed E-state index contributed by atoms with van der Waals surface area (Å²) < 4.78 is 27.2. The fraction of sp³-hybridized carbons (Fsp3) is 0.0714. The molecule has 0 saturated carbocycles. The molecule has 0 aliphatic carbocycles. The van der Waals surface area contributed by atoms with Crippen molar-refractivity contribution in [2.24, 2.45) is 5.73 Å². The molecule has 0 saturated heterocycles. The number of benzene rings is 2. The number of nitrogens with two attached hydrogens (primary N) is 1. The smallest absolute Gasteiger partial charge is 0.262 e. The average molecular weight is 325 g/mol. The predicted molar refractivity (Wildman–Crippen MR) is 81.6 cm³/mol. The van der Waals surface area contributed by atoms with Gasteiger partial charge in [-0.1, -0.05) is 29.8 Å². The molecule has 1 amide bonds. The number of carbonyl (C=O) groups is 1. The van der Waals surface area contributed by atoms with Gasteiger partial charge < -0.3 is 5.73 Å². The fourth-order valence-electron chi connectivity index (χ4n) is 1.83. The minimum absolute atomic E-state index is 0.0266. The summed E-state index contributed by atoms with van der Waals surface area (Å²) >= 11 is 5.75. The monoisotopic (exact) mass is 324 g/mol. The molecule has 2 aromatic carbocycles. The lowest BCUT2D eigenvalue weighted by molar-refractivity contribution is -0.117. The maximum atomic E-state index is 12.4. The van der Waals surface area contributed by atoms with Crippen molar-refractivity contribution in [2.75, 3.05) is 4.72 Å². The first kappa shape index (κ1) is 15.3. The van der Waals surface area contributed by atoms with Crippen molar-refractivity contribution < 1.29 is 13.2 Å². The van der Waals surface area contributed by atoms with E-state index < -0.39 is 15.9 Å². The average Bonchev–Trinajstić information content (AvgIpc) is 2.41. The minimum atomic E-state index is -3.80. The number of hydrogen-bond donors (Lipinski definition) is 2. The summed E-state index contributed by atoms with van der Waals surface area (Å²) in [6.45, 7) is 0. The van der Waals surface area contributed by atoms with Crippen LogP contribution < -0.4 is 10.5 Å². The van der Waals surface area contributed by atoms with Gasteiger partial charge in [-0.25, -0.2) is 8.42 Å². The Hall–Kier alpha value is -2.05. The highest BCUT2D eigenvalue weighted by molar-refractivity contribution is 7.92. The highest BCUT2D eigenvalue weighted by atomic mass is 35.5. The zero-order chi connectivity index (χ0) is 15.5. The molecule has 5 nitrogen and oxygen atoms in total. The van der Waals surface area contributed by atoms with Crippen molar-refractivity contribution >= 4 is 33.2 Å². The normalized spacial score (nSPS) is 11.1. The number of hydrogen-bond acceptors (Lipinski definition) is 3. The van der Waals surface area contributed by atoms with Crippen LogP contribution in [0.5, 0.6) is 0 Å². The molecule has 0 aromatic heterocycles. The van der Waals surface area contributed by atoms with E-state index in [2.05, 4.69) is 4.72 Å². The molecule has 2 rings (SSSR count). The summed E-state index contributed by atoms with van der Waals surface area (Å²) in [6.07, 6.45) is -0.141. The Labute approximate surface area is 127 Å². The Kier molecular flexibility index (Phi) is 4.50. The van der Waals surface area contributed by atoms with E-state index in [0.29, 0.717) is 16.3 Å². The number of rotatable bonds is 5. The van der Waals surface area contributed by atoms with E-state index in [-0.39, 0.29) is 11.3 Å². The summed E-state index contributed by atoms with van der Waals surface area (Å²) in [5.74, 6) is -0.593. The molecule has 0 heterocycles. The molecular weight excluding hydrogens is 312 g/mol. The SMILES string of the molecule is NC(=O)Cc1ccccc1S(=O)(=O)Nc1ccc(Cl)cc1. The van der Waals surface area contributed by atoms with Gasteiger partial charge in [0.2, 0.25) is 5.91 Å². The maximum Gasteiger partial charge on any atom is 0.262 e. The van der Waals surface area contributed by atoms with E-state index in [1.807, 2.05) is 0 Å². The van der Waals surface area contributed by atoms with Crippen LogP contribution in [0.25, 0.3) is 0 Å². The Bertz CT molecular complexity index is 758. The molecule has 0 spiro atoms. The second kappa shape index (κ2) is 6.15. The predicted octanol–water partition coefficient (Wildman–Crippen LogP) is 2.17. The van der Waals surface area contributed by atoms with Gasteiger partial charge in [-0.2, -0.15) is 0 Å². The first-order valence-corrected chi connectivity index (χ1v) is 7.89. The van der Waals surface area contributed by atoms with E-state index in [9.17, 15) is 13.2 Å². The van der Waals surface area contributed by atoms with E-state index in [1.54, 1.807) is 42.5 Å².